The van der Waals surface area contributed by atoms with Crippen LogP contribution in [-0.2, 0) is 51.3 Å². The van der Waals surface area contributed by atoms with E-state index in [1.807, 2.05) is 12.1 Å². The number of nitrogens with one attached hydrogen (secondary N) is 1. The normalized spacial score (nSPS) is 20.1. The zero-order valence-corrected chi connectivity index (χ0v) is 40.1. The second-order valence-electron chi connectivity index (χ2n) is 16.3. The molecule has 1 aliphatic carbocycles. The molecule has 360 valence electrons. The van der Waals surface area contributed by atoms with Crippen LogP contribution >= 0.6 is 34.7 Å². The van der Waals surface area contributed by atoms with Crippen molar-refractivity contribution in [1.82, 2.24) is 25.2 Å². The Labute approximate surface area is 416 Å². The van der Waals surface area contributed by atoms with Gasteiger partial charge in [0.05, 0.1) is 54.2 Å². The Morgan fingerprint density at radius 3 is 2.10 bits per heavy atom. The Bertz CT molecular complexity index is 2760. The van der Waals surface area contributed by atoms with E-state index < -0.39 is 69.5 Å². The van der Waals surface area contributed by atoms with E-state index in [1.54, 1.807) is 55.8 Å². The first-order valence-electron chi connectivity index (χ1n) is 21.5. The number of benzene rings is 3. The Hall–Kier alpha value is -6.78. The number of urea groups is 1. The number of carbonyl (C=O) groups excluding carboxylic acids is 7. The van der Waals surface area contributed by atoms with E-state index >= 15 is 0 Å². The molecule has 4 aromatic rings. The van der Waals surface area contributed by atoms with Crippen LogP contribution in [0.4, 0.5) is 4.79 Å². The molecule has 1 unspecified atom stereocenters. The molecule has 1 N–H and O–H groups in total. The van der Waals surface area contributed by atoms with Crippen molar-refractivity contribution in [1.29, 1.82) is 0 Å². The molecule has 25 heteroatoms. The molecule has 3 aliphatic heterocycles. The maximum absolute atomic E-state index is 14.1. The number of rotatable bonds is 20. The number of hydrogen-bond donors (Lipinski definition) is 1. The number of Topliss-reactive ketones (excluding diaryl/α,β-unsaturated/α-hetero) is 2. The van der Waals surface area contributed by atoms with E-state index in [-0.39, 0.29) is 79.2 Å². The van der Waals surface area contributed by atoms with Crippen molar-refractivity contribution in [2.45, 2.75) is 61.7 Å². The molecular weight excluding hydrogens is 970 g/mol. The van der Waals surface area contributed by atoms with E-state index in [4.69, 9.17) is 51.5 Å². The molecule has 3 aromatic carbocycles. The van der Waals surface area contributed by atoms with Gasteiger partial charge in [0.1, 0.15) is 30.4 Å². The lowest BCUT2D eigenvalue weighted by Gasteiger charge is -2.41. The highest BCUT2D eigenvalue weighted by Gasteiger charge is 2.66. The van der Waals surface area contributed by atoms with Gasteiger partial charge in [0.25, 0.3) is 5.78 Å². The number of oxime groups is 1. The van der Waals surface area contributed by atoms with Gasteiger partial charge in [-0.25, -0.2) is 19.6 Å². The zero-order valence-electron chi connectivity index (χ0n) is 37.7. The molecule has 1 aromatic heterocycles. The number of nitrogens with zero attached hydrogens (tertiary/aromatic N) is 5. The van der Waals surface area contributed by atoms with Crippen LogP contribution in [0.3, 0.4) is 0 Å². The number of halogens is 1. The minimum absolute atomic E-state index is 0.0113. The second kappa shape index (κ2) is 20.7. The fourth-order valence-corrected chi connectivity index (χ4v) is 10.7. The first-order valence-corrected chi connectivity index (χ1v) is 23.6. The largest absolute Gasteiger partial charge is 0.541 e. The number of amides is 4. The van der Waals surface area contributed by atoms with E-state index in [0.29, 0.717) is 22.9 Å². The van der Waals surface area contributed by atoms with Crippen molar-refractivity contribution in [2.75, 3.05) is 33.9 Å². The summed E-state index contributed by atoms with van der Waals surface area (Å²) in [7, 11) is 13.6. The first-order chi connectivity index (χ1) is 33.6. The van der Waals surface area contributed by atoms with Gasteiger partial charge < -0.3 is 38.0 Å². The molecule has 8 rings (SSSR count). The van der Waals surface area contributed by atoms with Crippen molar-refractivity contribution < 1.29 is 66.7 Å². The van der Waals surface area contributed by atoms with Gasteiger partial charge in [0.15, 0.2) is 23.0 Å². The summed E-state index contributed by atoms with van der Waals surface area (Å²) >= 11 is 8.92. The average Bonchev–Trinajstić information content (AvgIpc) is 4.07. The zero-order chi connectivity index (χ0) is 49.9. The number of β-lactam (4-membered cyclic amide) rings is 1. The van der Waals surface area contributed by atoms with E-state index in [1.165, 1.54) is 35.5 Å². The van der Waals surface area contributed by atoms with Crippen molar-refractivity contribution >= 4 is 97.9 Å². The first kappa shape index (κ1) is 49.6. The molecule has 70 heavy (non-hydrogen) atoms. The molecule has 0 bridgehead atoms. The molecule has 4 heterocycles. The minimum Gasteiger partial charge on any atom is -0.541 e. The number of ether oxygens (including phenoxy) is 4. The van der Waals surface area contributed by atoms with Gasteiger partial charge in [-0.3, -0.25) is 34.3 Å². The summed E-state index contributed by atoms with van der Waals surface area (Å²) in [5, 5.41) is 5.99. The SMILES string of the molecule is [B]OC(=O)C1(O/N=C(\C(=O)CC2C(=O)N3C[C@@](C(=O)O[B])(N4CCN(NC(=O)C(=O)c5ccc(OCc6ccc(OC)cc6)c(OCc6ccc(OC)cc6)c5Cl)C4=O)S[C@H]23)c2csc(C)n2)CCC1. The summed E-state index contributed by atoms with van der Waals surface area (Å²) in [5.74, 6) is -5.09. The van der Waals surface area contributed by atoms with Gasteiger partial charge in [-0.15, -0.1) is 11.3 Å². The van der Waals surface area contributed by atoms with Crippen LogP contribution in [0.1, 0.15) is 57.9 Å². The third-order valence-electron chi connectivity index (χ3n) is 12.2. The third kappa shape index (κ3) is 9.58. The standard InChI is InChI=1S/C45H41B2ClN6O14S2/c1-24-49-31(22-69-24)35(51-68-44(15-4-16-44)41(59)66-46)32(55)19-30-39(58)52-23-45(42(60)67-47,70-40(30)52)53-17-18-54(43(53)61)50-38(57)36(56)29-13-14-33(64-20-25-5-9-27(62-2)10-6-25)37(34(29)48)65-21-26-7-11-28(63-3)12-8-26/h5-14,22,30,40H,4,15-21,23H2,1-3H3,(H,50,57)/b51-35-/t30?,40-,45-/m1/s1. The summed E-state index contributed by atoms with van der Waals surface area (Å²) in [6.07, 6.45) is 0.706. The number of carbonyl (C=O) groups is 7. The summed E-state index contributed by atoms with van der Waals surface area (Å²) in [6.45, 7) is 0.999. The molecular formula is C45H41B2ClN6O14S2. The maximum Gasteiger partial charge on any atom is 0.378 e. The summed E-state index contributed by atoms with van der Waals surface area (Å²) in [6, 6.07) is 16.0. The summed E-state index contributed by atoms with van der Waals surface area (Å²) in [4.78, 5) is 106. The number of thioether (sulfide) groups is 1. The number of hydrogen-bond acceptors (Lipinski definition) is 18. The number of aromatic nitrogens is 1. The van der Waals surface area contributed by atoms with Gasteiger partial charge in [0.2, 0.25) is 16.4 Å². The number of fused-ring (bicyclic) bond motifs is 1. The monoisotopic (exact) mass is 1010 g/mol. The van der Waals surface area contributed by atoms with Crippen LogP contribution in [0.2, 0.25) is 5.02 Å². The second-order valence-corrected chi connectivity index (χ2v) is 19.2. The molecule has 3 atom stereocenters. The van der Waals surface area contributed by atoms with Crippen molar-refractivity contribution in [3.05, 3.63) is 98.5 Å². The Morgan fingerprint density at radius 1 is 0.886 bits per heavy atom. The van der Waals surface area contributed by atoms with Crippen LogP contribution in [0.5, 0.6) is 23.0 Å². The van der Waals surface area contributed by atoms with Gasteiger partial charge >= 0.3 is 40.0 Å². The molecule has 3 saturated heterocycles. The molecule has 20 nitrogen and oxygen atoms in total. The highest BCUT2D eigenvalue weighted by atomic mass is 35.5. The highest BCUT2D eigenvalue weighted by Crippen LogP contribution is 2.53. The number of aryl methyl sites for hydroxylation is 1. The Morgan fingerprint density at radius 2 is 1.53 bits per heavy atom. The van der Waals surface area contributed by atoms with E-state index in [2.05, 4.69) is 24.9 Å². The number of thiazole rings is 1. The number of hydrazine groups is 1. The molecule has 1 saturated carbocycles. The summed E-state index contributed by atoms with van der Waals surface area (Å²) in [5.41, 5.74) is 1.98. The Balaban J connectivity index is 0.959. The van der Waals surface area contributed by atoms with Gasteiger partial charge in [-0.05, 0) is 60.9 Å². The van der Waals surface area contributed by atoms with Crippen molar-refractivity contribution in [3.8, 4) is 23.0 Å². The Kier molecular flexibility index (Phi) is 14.7. The van der Waals surface area contributed by atoms with Crippen LogP contribution < -0.4 is 24.4 Å². The third-order valence-corrected chi connectivity index (χ3v) is 15.0. The van der Waals surface area contributed by atoms with Crippen molar-refractivity contribution in [3.63, 3.8) is 0 Å². The smallest absolute Gasteiger partial charge is 0.378 e. The average molecular weight is 1010 g/mol. The van der Waals surface area contributed by atoms with Crippen LogP contribution in [0.15, 0.2) is 71.2 Å². The highest BCUT2D eigenvalue weighted by molar-refractivity contribution is 8.02. The lowest BCUT2D eigenvalue weighted by atomic mass is 9.80. The van der Waals surface area contributed by atoms with Crippen LogP contribution in [0.25, 0.3) is 0 Å². The van der Waals surface area contributed by atoms with Gasteiger partial charge in [-0.2, -0.15) is 0 Å². The number of methoxy groups -OCH3 is 2. The van der Waals surface area contributed by atoms with Crippen molar-refractivity contribution in [2.24, 2.45) is 11.1 Å². The van der Waals surface area contributed by atoms with Gasteiger partial charge in [-0.1, -0.05) is 52.8 Å². The van der Waals surface area contributed by atoms with E-state index in [9.17, 15) is 33.6 Å². The molecule has 0 spiro atoms. The lowest BCUT2D eigenvalue weighted by molar-refractivity contribution is -0.175. The molecule has 4 amide bonds. The molecule has 4 fully saturated rings. The lowest BCUT2D eigenvalue weighted by Crippen LogP contribution is -2.60. The fraction of sp³-hybridized carbons (Fsp3) is 0.356. The van der Waals surface area contributed by atoms with Crippen LogP contribution in [0, 0.1) is 12.8 Å². The predicted octanol–water partition coefficient (Wildman–Crippen LogP) is 4.02. The minimum atomic E-state index is -1.93. The van der Waals surface area contributed by atoms with Gasteiger partial charge in [0, 0.05) is 31.2 Å². The predicted molar refractivity (Wildman–Crippen MR) is 251 cm³/mol. The maximum atomic E-state index is 14.1. The molecule has 4 aliphatic rings. The topological polar surface area (TPSA) is 231 Å². The molecule has 4 radical (unpaired) electrons. The number of ketones is 2. The fourth-order valence-electron chi connectivity index (χ4n) is 8.10. The van der Waals surface area contributed by atoms with Crippen LogP contribution in [-0.4, -0.2) is 133 Å². The van der Waals surface area contributed by atoms with E-state index in [0.717, 1.165) is 32.8 Å². The quantitative estimate of drug-likeness (QED) is 0.0329. The summed E-state index contributed by atoms with van der Waals surface area (Å²) < 4.78 is 31.8.